The van der Waals surface area contributed by atoms with Crippen LogP contribution in [-0.4, -0.2) is 48.8 Å². The summed E-state index contributed by atoms with van der Waals surface area (Å²) in [5, 5.41) is 13.4. The molecule has 0 bridgehead atoms. The average Bonchev–Trinajstić information content (AvgIpc) is 2.97. The van der Waals surface area contributed by atoms with E-state index in [-0.39, 0.29) is 6.10 Å². The van der Waals surface area contributed by atoms with E-state index in [0.717, 1.165) is 32.6 Å². The number of likely N-dealkylation sites (tertiary alicyclic amines) is 1. The first-order valence-corrected chi connectivity index (χ1v) is 7.92. The van der Waals surface area contributed by atoms with Crippen LogP contribution in [0.1, 0.15) is 37.7 Å². The Bertz CT molecular complexity index is 363. The molecule has 3 nitrogen and oxygen atoms in total. The first kappa shape index (κ1) is 15.5. The van der Waals surface area contributed by atoms with E-state index in [2.05, 4.69) is 47.5 Å². The van der Waals surface area contributed by atoms with Crippen molar-refractivity contribution >= 4 is 0 Å². The van der Waals surface area contributed by atoms with Crippen molar-refractivity contribution in [2.75, 3.05) is 32.7 Å². The van der Waals surface area contributed by atoms with Crippen LogP contribution in [0.15, 0.2) is 30.3 Å². The van der Waals surface area contributed by atoms with Gasteiger partial charge in [0.2, 0.25) is 0 Å². The van der Waals surface area contributed by atoms with E-state index >= 15 is 0 Å². The maximum absolute atomic E-state index is 9.99. The topological polar surface area (TPSA) is 35.5 Å². The largest absolute Gasteiger partial charge is 0.390 e. The van der Waals surface area contributed by atoms with Gasteiger partial charge in [-0.05, 0) is 50.4 Å². The van der Waals surface area contributed by atoms with Crippen molar-refractivity contribution in [2.45, 2.75) is 38.2 Å². The average molecular weight is 276 g/mol. The summed E-state index contributed by atoms with van der Waals surface area (Å²) in [6.45, 7) is 7.06. The van der Waals surface area contributed by atoms with Gasteiger partial charge in [-0.25, -0.2) is 0 Å². The summed E-state index contributed by atoms with van der Waals surface area (Å²) >= 11 is 0. The van der Waals surface area contributed by atoms with Crippen LogP contribution in [0.5, 0.6) is 0 Å². The fraction of sp³-hybridized carbons (Fsp3) is 0.647. The minimum absolute atomic E-state index is 0.236. The Morgan fingerprint density at radius 2 is 1.90 bits per heavy atom. The smallest absolute Gasteiger partial charge is 0.0791 e. The third kappa shape index (κ3) is 5.23. The Kier molecular flexibility index (Phi) is 6.51. The number of nitrogens with zero attached hydrogens (tertiary/aromatic N) is 1. The molecule has 0 aliphatic carbocycles. The maximum atomic E-state index is 9.99. The van der Waals surface area contributed by atoms with E-state index in [1.807, 2.05) is 0 Å². The molecule has 2 atom stereocenters. The van der Waals surface area contributed by atoms with E-state index in [9.17, 15) is 5.11 Å². The highest BCUT2D eigenvalue weighted by Gasteiger charge is 2.15. The number of rotatable bonds is 8. The molecule has 0 aromatic heterocycles. The van der Waals surface area contributed by atoms with Crippen LogP contribution in [0.3, 0.4) is 0 Å². The van der Waals surface area contributed by atoms with Gasteiger partial charge in [0, 0.05) is 13.1 Å². The molecule has 1 aliphatic rings. The van der Waals surface area contributed by atoms with E-state index in [0.29, 0.717) is 12.5 Å². The van der Waals surface area contributed by atoms with Crippen LogP contribution in [0, 0.1) is 0 Å². The van der Waals surface area contributed by atoms with Gasteiger partial charge in [-0.15, -0.1) is 0 Å². The number of benzene rings is 1. The molecule has 1 saturated heterocycles. The van der Waals surface area contributed by atoms with Gasteiger partial charge in [-0.3, -0.25) is 0 Å². The van der Waals surface area contributed by atoms with Gasteiger partial charge in [-0.2, -0.15) is 0 Å². The predicted molar refractivity (Wildman–Crippen MR) is 84.0 cm³/mol. The van der Waals surface area contributed by atoms with Gasteiger partial charge in [0.1, 0.15) is 0 Å². The van der Waals surface area contributed by atoms with E-state index in [4.69, 9.17) is 0 Å². The lowest BCUT2D eigenvalue weighted by Gasteiger charge is -2.20. The number of aliphatic hydroxyl groups excluding tert-OH is 1. The number of hydrogen-bond donors (Lipinski definition) is 2. The zero-order chi connectivity index (χ0) is 14.2. The highest BCUT2D eigenvalue weighted by Crippen LogP contribution is 2.17. The molecule has 1 heterocycles. The highest BCUT2D eigenvalue weighted by molar-refractivity contribution is 5.18. The second kappa shape index (κ2) is 8.40. The van der Waals surface area contributed by atoms with Crippen molar-refractivity contribution in [1.82, 2.24) is 10.2 Å². The first-order chi connectivity index (χ1) is 9.75. The lowest BCUT2D eigenvalue weighted by atomic mass is 9.98. The minimum Gasteiger partial charge on any atom is -0.390 e. The molecule has 1 aromatic rings. The molecule has 0 saturated carbocycles. The second-order valence-corrected chi connectivity index (χ2v) is 5.97. The van der Waals surface area contributed by atoms with Crippen LogP contribution < -0.4 is 5.32 Å². The van der Waals surface area contributed by atoms with Crippen molar-refractivity contribution < 1.29 is 5.11 Å². The summed E-state index contributed by atoms with van der Waals surface area (Å²) in [6, 6.07) is 10.6. The molecule has 3 heteroatoms. The summed E-state index contributed by atoms with van der Waals surface area (Å²) in [5.41, 5.74) is 1.40. The number of hydrogen-bond acceptors (Lipinski definition) is 3. The lowest BCUT2D eigenvalue weighted by Crippen LogP contribution is -2.37. The molecule has 2 rings (SSSR count). The molecule has 1 aliphatic heterocycles. The Morgan fingerprint density at radius 3 is 2.60 bits per heavy atom. The number of β-amino-alcohol motifs (C(OH)–C–C–N with tert-alkyl or cyclic N) is 1. The molecule has 0 amide bonds. The molecule has 1 aromatic carbocycles. The monoisotopic (exact) mass is 276 g/mol. The fourth-order valence-corrected chi connectivity index (χ4v) is 2.86. The Balaban J connectivity index is 1.56. The van der Waals surface area contributed by atoms with E-state index < -0.39 is 0 Å². The standard InChI is InChI=1S/C17H28N2O/c1-15(16-7-3-2-4-8-16)9-10-18-13-17(20)14-19-11-5-6-12-19/h2-4,7-8,15,17-18,20H,5-6,9-14H2,1H3. The molecule has 1 fully saturated rings. The zero-order valence-corrected chi connectivity index (χ0v) is 12.6. The van der Waals surface area contributed by atoms with Crippen molar-refractivity contribution in [3.05, 3.63) is 35.9 Å². The predicted octanol–water partition coefficient (Wildman–Crippen LogP) is 2.23. The third-order valence-corrected chi connectivity index (χ3v) is 4.17. The number of nitrogens with one attached hydrogen (secondary N) is 1. The SMILES string of the molecule is CC(CCNCC(O)CN1CCCC1)c1ccccc1. The van der Waals surface area contributed by atoms with E-state index in [1.54, 1.807) is 0 Å². The summed E-state index contributed by atoms with van der Waals surface area (Å²) in [7, 11) is 0. The van der Waals surface area contributed by atoms with Crippen LogP contribution in [-0.2, 0) is 0 Å². The molecular formula is C17H28N2O. The minimum atomic E-state index is -0.236. The van der Waals surface area contributed by atoms with Crippen LogP contribution in [0.25, 0.3) is 0 Å². The Hall–Kier alpha value is -0.900. The molecule has 2 unspecified atom stereocenters. The van der Waals surface area contributed by atoms with Crippen molar-refractivity contribution in [1.29, 1.82) is 0 Å². The quantitative estimate of drug-likeness (QED) is 0.715. The summed E-state index contributed by atoms with van der Waals surface area (Å²) in [6.07, 6.45) is 3.45. The summed E-state index contributed by atoms with van der Waals surface area (Å²) in [5.74, 6) is 0.569. The fourth-order valence-electron chi connectivity index (χ4n) is 2.86. The lowest BCUT2D eigenvalue weighted by molar-refractivity contribution is 0.123. The van der Waals surface area contributed by atoms with Crippen LogP contribution in [0.4, 0.5) is 0 Å². The van der Waals surface area contributed by atoms with Gasteiger partial charge in [0.25, 0.3) is 0 Å². The van der Waals surface area contributed by atoms with Gasteiger partial charge < -0.3 is 15.3 Å². The molecule has 20 heavy (non-hydrogen) atoms. The normalized spacial score (nSPS) is 19.1. The first-order valence-electron chi connectivity index (χ1n) is 7.92. The van der Waals surface area contributed by atoms with Crippen molar-refractivity contribution in [2.24, 2.45) is 0 Å². The van der Waals surface area contributed by atoms with Gasteiger partial charge in [0.15, 0.2) is 0 Å². The van der Waals surface area contributed by atoms with Crippen LogP contribution in [0.2, 0.25) is 0 Å². The van der Waals surface area contributed by atoms with Crippen LogP contribution >= 0.6 is 0 Å². The molecule has 0 radical (unpaired) electrons. The van der Waals surface area contributed by atoms with E-state index in [1.165, 1.54) is 18.4 Å². The third-order valence-electron chi connectivity index (χ3n) is 4.17. The molecule has 2 N–H and O–H groups in total. The van der Waals surface area contributed by atoms with Gasteiger partial charge in [-0.1, -0.05) is 37.3 Å². The van der Waals surface area contributed by atoms with Crippen molar-refractivity contribution in [3.8, 4) is 0 Å². The highest BCUT2D eigenvalue weighted by atomic mass is 16.3. The maximum Gasteiger partial charge on any atom is 0.0791 e. The van der Waals surface area contributed by atoms with Crippen molar-refractivity contribution in [3.63, 3.8) is 0 Å². The Morgan fingerprint density at radius 1 is 1.20 bits per heavy atom. The number of aliphatic hydroxyl groups is 1. The molecular weight excluding hydrogens is 248 g/mol. The summed E-state index contributed by atoms with van der Waals surface area (Å²) in [4.78, 5) is 2.36. The molecule has 112 valence electrons. The van der Waals surface area contributed by atoms with Gasteiger partial charge in [0.05, 0.1) is 6.10 Å². The Labute approximate surface area is 123 Å². The second-order valence-electron chi connectivity index (χ2n) is 5.97. The molecule has 0 spiro atoms. The van der Waals surface area contributed by atoms with Gasteiger partial charge >= 0.3 is 0 Å². The zero-order valence-electron chi connectivity index (χ0n) is 12.6. The summed E-state index contributed by atoms with van der Waals surface area (Å²) < 4.78 is 0.